The second kappa shape index (κ2) is 5.83. The van der Waals surface area contributed by atoms with E-state index in [9.17, 15) is 13.2 Å². The van der Waals surface area contributed by atoms with Gasteiger partial charge in [-0.3, -0.25) is 0 Å². The van der Waals surface area contributed by atoms with Crippen molar-refractivity contribution in [2.75, 3.05) is 23.1 Å². The van der Waals surface area contributed by atoms with E-state index in [1.807, 2.05) is 24.5 Å². The molecule has 19 heavy (non-hydrogen) atoms. The Morgan fingerprint density at radius 2 is 2.21 bits per heavy atom. The van der Waals surface area contributed by atoms with Gasteiger partial charge in [0.25, 0.3) is 0 Å². The van der Waals surface area contributed by atoms with Crippen molar-refractivity contribution in [1.82, 2.24) is 5.32 Å². The molecule has 1 aromatic rings. The van der Waals surface area contributed by atoms with E-state index in [2.05, 4.69) is 10.6 Å². The smallest absolute Gasteiger partial charge is 0.319 e. The van der Waals surface area contributed by atoms with Crippen LogP contribution in [0.15, 0.2) is 29.2 Å². The van der Waals surface area contributed by atoms with Crippen LogP contribution in [-0.4, -0.2) is 38.3 Å². The number of amides is 2. The number of thioether (sulfide) groups is 1. The molecule has 0 radical (unpaired) electrons. The molecule has 2 rings (SSSR count). The van der Waals surface area contributed by atoms with Crippen LogP contribution >= 0.6 is 11.8 Å². The maximum atomic E-state index is 11.8. The lowest BCUT2D eigenvalue weighted by Gasteiger charge is -2.12. The topological polar surface area (TPSA) is 75.3 Å². The van der Waals surface area contributed by atoms with Crippen LogP contribution in [0.2, 0.25) is 0 Å². The van der Waals surface area contributed by atoms with Gasteiger partial charge in [0.05, 0.1) is 11.5 Å². The second-order valence-corrected chi connectivity index (χ2v) is 7.54. The SMILES string of the molecule is CSc1cccc(NC(=O)NC2CCS(=O)(=O)C2)c1. The number of anilines is 1. The molecule has 2 amide bonds. The van der Waals surface area contributed by atoms with E-state index in [1.165, 1.54) is 0 Å². The minimum absolute atomic E-state index is 0.0330. The molecule has 0 spiro atoms. The van der Waals surface area contributed by atoms with Gasteiger partial charge in [-0.2, -0.15) is 0 Å². The number of hydrogen-bond donors (Lipinski definition) is 2. The predicted octanol–water partition coefficient (Wildman–Crippen LogP) is 1.72. The molecule has 2 N–H and O–H groups in total. The number of hydrogen-bond acceptors (Lipinski definition) is 4. The van der Waals surface area contributed by atoms with Crippen LogP contribution in [0.5, 0.6) is 0 Å². The lowest BCUT2D eigenvalue weighted by Crippen LogP contribution is -2.38. The van der Waals surface area contributed by atoms with Crippen LogP contribution in [0.1, 0.15) is 6.42 Å². The molecule has 0 saturated carbocycles. The third-order valence-corrected chi connectivity index (χ3v) is 5.39. The summed E-state index contributed by atoms with van der Waals surface area (Å²) >= 11 is 1.59. The van der Waals surface area contributed by atoms with Crippen LogP contribution in [0.25, 0.3) is 0 Å². The van der Waals surface area contributed by atoms with Crippen molar-refractivity contribution in [2.24, 2.45) is 0 Å². The molecule has 0 bridgehead atoms. The van der Waals surface area contributed by atoms with E-state index in [0.29, 0.717) is 12.1 Å². The molecule has 7 heteroatoms. The summed E-state index contributed by atoms with van der Waals surface area (Å²) < 4.78 is 22.6. The molecule has 1 unspecified atom stereocenters. The summed E-state index contributed by atoms with van der Waals surface area (Å²) in [5, 5.41) is 5.40. The fraction of sp³-hybridized carbons (Fsp3) is 0.417. The van der Waals surface area contributed by atoms with Crippen molar-refractivity contribution >= 4 is 33.3 Å². The second-order valence-electron chi connectivity index (χ2n) is 4.43. The third-order valence-electron chi connectivity index (χ3n) is 2.90. The molecule has 104 valence electrons. The van der Waals surface area contributed by atoms with Crippen molar-refractivity contribution in [3.63, 3.8) is 0 Å². The maximum absolute atomic E-state index is 11.8. The molecular formula is C12H16N2O3S2. The first-order valence-electron chi connectivity index (χ1n) is 5.90. The molecule has 1 heterocycles. The van der Waals surface area contributed by atoms with Crippen LogP contribution in [0.4, 0.5) is 10.5 Å². The van der Waals surface area contributed by atoms with Crippen molar-refractivity contribution in [2.45, 2.75) is 17.4 Å². The molecule has 0 aromatic heterocycles. The van der Waals surface area contributed by atoms with Crippen molar-refractivity contribution < 1.29 is 13.2 Å². The molecule has 1 aliphatic heterocycles. The standard InChI is InChI=1S/C12H16N2O3S2/c1-18-11-4-2-3-9(7-11)13-12(15)14-10-5-6-19(16,17)8-10/h2-4,7,10H,5-6,8H2,1H3,(H2,13,14,15). The Bertz CT molecular complexity index is 572. The van der Waals surface area contributed by atoms with Crippen LogP contribution in [0, 0.1) is 0 Å². The van der Waals surface area contributed by atoms with Gasteiger partial charge in [0, 0.05) is 16.6 Å². The van der Waals surface area contributed by atoms with E-state index >= 15 is 0 Å². The Morgan fingerprint density at radius 3 is 2.84 bits per heavy atom. The first kappa shape index (κ1) is 14.2. The van der Waals surface area contributed by atoms with Crippen molar-refractivity contribution in [1.29, 1.82) is 0 Å². The van der Waals surface area contributed by atoms with E-state index in [0.717, 1.165) is 4.90 Å². The van der Waals surface area contributed by atoms with Gasteiger partial charge in [0.1, 0.15) is 0 Å². The van der Waals surface area contributed by atoms with Crippen LogP contribution in [-0.2, 0) is 9.84 Å². The Balaban J connectivity index is 1.91. The van der Waals surface area contributed by atoms with Gasteiger partial charge in [0.2, 0.25) is 0 Å². The lowest BCUT2D eigenvalue weighted by atomic mass is 10.3. The summed E-state index contributed by atoms with van der Waals surface area (Å²) in [5.41, 5.74) is 0.699. The highest BCUT2D eigenvalue weighted by Gasteiger charge is 2.28. The summed E-state index contributed by atoms with van der Waals surface area (Å²) in [4.78, 5) is 12.8. The molecule has 1 fully saturated rings. The molecule has 1 saturated heterocycles. The highest BCUT2D eigenvalue weighted by Crippen LogP contribution is 2.19. The highest BCUT2D eigenvalue weighted by atomic mass is 32.2. The first-order chi connectivity index (χ1) is 8.98. The zero-order chi connectivity index (χ0) is 13.9. The quantitative estimate of drug-likeness (QED) is 0.833. The summed E-state index contributed by atoms with van der Waals surface area (Å²) in [7, 11) is -2.97. The maximum Gasteiger partial charge on any atom is 0.319 e. The molecular weight excluding hydrogens is 284 g/mol. The Morgan fingerprint density at radius 1 is 1.42 bits per heavy atom. The molecule has 1 aliphatic rings. The zero-order valence-electron chi connectivity index (χ0n) is 10.5. The lowest BCUT2D eigenvalue weighted by molar-refractivity contribution is 0.249. The van der Waals surface area contributed by atoms with Crippen LogP contribution < -0.4 is 10.6 Å². The average Bonchev–Trinajstić information content (AvgIpc) is 2.68. The number of nitrogens with one attached hydrogen (secondary N) is 2. The number of urea groups is 1. The van der Waals surface area contributed by atoms with E-state index in [4.69, 9.17) is 0 Å². The fourth-order valence-electron chi connectivity index (χ4n) is 1.96. The fourth-order valence-corrected chi connectivity index (χ4v) is 4.10. The number of carbonyl (C=O) groups excluding carboxylic acids is 1. The largest absolute Gasteiger partial charge is 0.334 e. The Kier molecular flexibility index (Phi) is 4.36. The summed E-state index contributed by atoms with van der Waals surface area (Å²) in [6.45, 7) is 0. The monoisotopic (exact) mass is 300 g/mol. The Hall–Kier alpha value is -1.21. The Labute approximate surface area is 117 Å². The van der Waals surface area contributed by atoms with E-state index < -0.39 is 9.84 Å². The summed E-state index contributed by atoms with van der Waals surface area (Å²) in [6, 6.07) is 6.84. The first-order valence-corrected chi connectivity index (χ1v) is 8.95. The molecule has 1 aromatic carbocycles. The summed E-state index contributed by atoms with van der Waals surface area (Å²) in [5.74, 6) is 0.186. The van der Waals surface area contributed by atoms with E-state index in [1.54, 1.807) is 17.8 Å². The zero-order valence-corrected chi connectivity index (χ0v) is 12.2. The van der Waals surface area contributed by atoms with Gasteiger partial charge in [-0.25, -0.2) is 13.2 Å². The van der Waals surface area contributed by atoms with Crippen molar-refractivity contribution in [3.05, 3.63) is 24.3 Å². The number of rotatable bonds is 3. The minimum Gasteiger partial charge on any atom is -0.334 e. The predicted molar refractivity (Wildman–Crippen MR) is 77.4 cm³/mol. The molecule has 5 nitrogen and oxygen atoms in total. The van der Waals surface area contributed by atoms with Gasteiger partial charge in [-0.1, -0.05) is 6.07 Å². The molecule has 0 aliphatic carbocycles. The molecule has 1 atom stereocenters. The number of benzene rings is 1. The van der Waals surface area contributed by atoms with Gasteiger partial charge in [-0.15, -0.1) is 11.8 Å². The highest BCUT2D eigenvalue weighted by molar-refractivity contribution is 7.98. The third kappa shape index (κ3) is 4.14. The van der Waals surface area contributed by atoms with Gasteiger partial charge in [0.15, 0.2) is 9.84 Å². The summed E-state index contributed by atoms with van der Waals surface area (Å²) in [6.07, 6.45) is 2.45. The van der Waals surface area contributed by atoms with Gasteiger partial charge >= 0.3 is 6.03 Å². The number of sulfone groups is 1. The average molecular weight is 300 g/mol. The van der Waals surface area contributed by atoms with E-state index in [-0.39, 0.29) is 23.6 Å². The minimum atomic E-state index is -2.97. The van der Waals surface area contributed by atoms with Gasteiger partial charge < -0.3 is 10.6 Å². The number of carbonyl (C=O) groups is 1. The van der Waals surface area contributed by atoms with Crippen molar-refractivity contribution in [3.8, 4) is 0 Å². The van der Waals surface area contributed by atoms with Crippen LogP contribution in [0.3, 0.4) is 0 Å². The van der Waals surface area contributed by atoms with Gasteiger partial charge in [-0.05, 0) is 30.9 Å². The normalized spacial score (nSPS) is 21.0.